The van der Waals surface area contributed by atoms with Crippen LogP contribution in [0.5, 0.6) is 0 Å². The van der Waals surface area contributed by atoms with Gasteiger partial charge in [0.25, 0.3) is 0 Å². The first-order valence-corrected chi connectivity index (χ1v) is 5.50. The third-order valence-corrected chi connectivity index (χ3v) is 2.77. The van der Waals surface area contributed by atoms with Gasteiger partial charge in [0.05, 0.1) is 12.1 Å². The highest BCUT2D eigenvalue weighted by molar-refractivity contribution is 5.79. The Labute approximate surface area is 94.0 Å². The van der Waals surface area contributed by atoms with Gasteiger partial charge in [0.2, 0.25) is 6.29 Å². The highest BCUT2D eigenvalue weighted by atomic mass is 16.7. The number of fused-ring (bicyclic) bond motifs is 2. The van der Waals surface area contributed by atoms with E-state index in [0.717, 1.165) is 22.2 Å². The quantitative estimate of drug-likeness (QED) is 0.771. The number of ether oxygens (including phenoxy) is 2. The number of rotatable bonds is 2. The third kappa shape index (κ3) is 1.49. The number of nitrogens with zero attached hydrogens (tertiary/aromatic N) is 1. The van der Waals surface area contributed by atoms with Crippen LogP contribution >= 0.6 is 0 Å². The van der Waals surface area contributed by atoms with Crippen LogP contribution in [0.3, 0.4) is 0 Å². The lowest BCUT2D eigenvalue weighted by atomic mass is 10.1. The fourth-order valence-electron chi connectivity index (χ4n) is 2.02. The molecule has 82 valence electrons. The molecular formula is C13H13NO2. The van der Waals surface area contributed by atoms with Crippen molar-refractivity contribution in [3.05, 3.63) is 41.6 Å². The molecule has 3 nitrogen and oxygen atoms in total. The van der Waals surface area contributed by atoms with Crippen molar-refractivity contribution in [2.24, 2.45) is 0 Å². The standard InChI is InChI=1S/C13H13NO2/c1-2-15-13-12-10(8-16-13)7-9-5-3-4-6-11(9)14-12/h3-7,13H,2,8H2,1H3/t13-/m1/s1. The van der Waals surface area contributed by atoms with Gasteiger partial charge in [0.15, 0.2) is 0 Å². The molecule has 0 amide bonds. The Balaban J connectivity index is 2.12. The molecular weight excluding hydrogens is 202 g/mol. The van der Waals surface area contributed by atoms with Crippen molar-refractivity contribution in [3.63, 3.8) is 0 Å². The molecule has 0 aliphatic carbocycles. The van der Waals surface area contributed by atoms with E-state index in [1.165, 1.54) is 0 Å². The first-order valence-electron chi connectivity index (χ1n) is 5.50. The Kier molecular flexibility index (Phi) is 2.35. The first-order chi connectivity index (χ1) is 7.88. The molecule has 0 saturated heterocycles. The molecule has 1 aliphatic rings. The van der Waals surface area contributed by atoms with E-state index < -0.39 is 0 Å². The molecule has 3 rings (SSSR count). The molecule has 0 radical (unpaired) electrons. The molecule has 3 heteroatoms. The van der Waals surface area contributed by atoms with E-state index >= 15 is 0 Å². The molecule has 0 saturated carbocycles. The Bertz CT molecular complexity index is 524. The second-order valence-electron chi connectivity index (χ2n) is 3.82. The molecule has 0 N–H and O–H groups in total. The van der Waals surface area contributed by atoms with Gasteiger partial charge in [-0.1, -0.05) is 18.2 Å². The van der Waals surface area contributed by atoms with Crippen molar-refractivity contribution in [1.82, 2.24) is 4.98 Å². The van der Waals surface area contributed by atoms with E-state index in [0.29, 0.717) is 13.2 Å². The van der Waals surface area contributed by atoms with Gasteiger partial charge in [0.1, 0.15) is 5.69 Å². The van der Waals surface area contributed by atoms with Gasteiger partial charge >= 0.3 is 0 Å². The monoisotopic (exact) mass is 215 g/mol. The molecule has 1 aromatic heterocycles. The van der Waals surface area contributed by atoms with Crippen molar-refractivity contribution in [2.75, 3.05) is 6.61 Å². The van der Waals surface area contributed by atoms with Crippen LogP contribution in [0.15, 0.2) is 30.3 Å². The SMILES string of the molecule is CCO[C@@H]1OCc2cc3ccccc3nc21. The lowest BCUT2D eigenvalue weighted by Gasteiger charge is -2.09. The predicted octanol–water partition coefficient (Wildman–Crippen LogP) is 2.80. The summed E-state index contributed by atoms with van der Waals surface area (Å²) >= 11 is 0. The van der Waals surface area contributed by atoms with Gasteiger partial charge in [0, 0.05) is 17.6 Å². The van der Waals surface area contributed by atoms with Crippen LogP contribution in [0.25, 0.3) is 10.9 Å². The molecule has 1 atom stereocenters. The molecule has 16 heavy (non-hydrogen) atoms. The molecule has 2 heterocycles. The van der Waals surface area contributed by atoms with Crippen molar-refractivity contribution >= 4 is 10.9 Å². The highest BCUT2D eigenvalue weighted by Crippen LogP contribution is 2.31. The zero-order valence-electron chi connectivity index (χ0n) is 9.14. The molecule has 0 bridgehead atoms. The number of hydrogen-bond donors (Lipinski definition) is 0. The van der Waals surface area contributed by atoms with E-state index in [9.17, 15) is 0 Å². The maximum absolute atomic E-state index is 5.55. The Morgan fingerprint density at radius 1 is 1.44 bits per heavy atom. The zero-order chi connectivity index (χ0) is 11.0. The minimum Gasteiger partial charge on any atom is -0.347 e. The molecule has 0 fully saturated rings. The fourth-order valence-corrected chi connectivity index (χ4v) is 2.02. The summed E-state index contributed by atoms with van der Waals surface area (Å²) < 4.78 is 11.0. The van der Waals surface area contributed by atoms with E-state index in [1.54, 1.807) is 0 Å². The van der Waals surface area contributed by atoms with Crippen molar-refractivity contribution in [3.8, 4) is 0 Å². The van der Waals surface area contributed by atoms with Gasteiger partial charge in [-0.3, -0.25) is 0 Å². The summed E-state index contributed by atoms with van der Waals surface area (Å²) in [4.78, 5) is 4.61. The number of para-hydroxylation sites is 1. The predicted molar refractivity (Wildman–Crippen MR) is 60.9 cm³/mol. The van der Waals surface area contributed by atoms with Crippen molar-refractivity contribution < 1.29 is 9.47 Å². The van der Waals surface area contributed by atoms with Gasteiger partial charge in [-0.25, -0.2) is 4.98 Å². The zero-order valence-corrected chi connectivity index (χ0v) is 9.14. The smallest absolute Gasteiger partial charge is 0.201 e. The van der Waals surface area contributed by atoms with Gasteiger partial charge < -0.3 is 9.47 Å². The normalized spacial score (nSPS) is 18.9. The number of benzene rings is 1. The summed E-state index contributed by atoms with van der Waals surface area (Å²) in [5, 5.41) is 1.15. The Morgan fingerprint density at radius 3 is 3.19 bits per heavy atom. The second kappa shape index (κ2) is 3.85. The van der Waals surface area contributed by atoms with Crippen LogP contribution in [-0.4, -0.2) is 11.6 Å². The Morgan fingerprint density at radius 2 is 2.31 bits per heavy atom. The average Bonchev–Trinajstić information content (AvgIpc) is 2.70. The van der Waals surface area contributed by atoms with Crippen LogP contribution in [0, 0.1) is 0 Å². The van der Waals surface area contributed by atoms with E-state index in [-0.39, 0.29) is 6.29 Å². The van der Waals surface area contributed by atoms with Gasteiger partial charge in [-0.05, 0) is 19.1 Å². The maximum atomic E-state index is 5.55. The minimum absolute atomic E-state index is 0.287. The molecule has 1 aromatic carbocycles. The van der Waals surface area contributed by atoms with E-state index in [2.05, 4.69) is 17.1 Å². The van der Waals surface area contributed by atoms with Crippen LogP contribution < -0.4 is 0 Å². The average molecular weight is 215 g/mol. The van der Waals surface area contributed by atoms with Crippen LogP contribution in [0.2, 0.25) is 0 Å². The topological polar surface area (TPSA) is 31.4 Å². The summed E-state index contributed by atoms with van der Waals surface area (Å²) in [5.41, 5.74) is 3.06. The third-order valence-electron chi connectivity index (χ3n) is 2.77. The van der Waals surface area contributed by atoms with Crippen LogP contribution in [0.1, 0.15) is 24.5 Å². The second-order valence-corrected chi connectivity index (χ2v) is 3.82. The summed E-state index contributed by atoms with van der Waals surface area (Å²) in [6, 6.07) is 10.2. The highest BCUT2D eigenvalue weighted by Gasteiger charge is 2.25. The molecule has 0 spiro atoms. The number of pyridine rings is 1. The van der Waals surface area contributed by atoms with E-state index in [4.69, 9.17) is 9.47 Å². The molecule has 1 aliphatic heterocycles. The minimum atomic E-state index is -0.287. The maximum Gasteiger partial charge on any atom is 0.201 e. The lowest BCUT2D eigenvalue weighted by molar-refractivity contribution is -0.136. The van der Waals surface area contributed by atoms with Crippen molar-refractivity contribution in [1.29, 1.82) is 0 Å². The summed E-state index contributed by atoms with van der Waals surface area (Å²) in [6.07, 6.45) is -0.287. The van der Waals surface area contributed by atoms with Gasteiger partial charge in [-0.15, -0.1) is 0 Å². The van der Waals surface area contributed by atoms with Crippen LogP contribution in [0.4, 0.5) is 0 Å². The van der Waals surface area contributed by atoms with Gasteiger partial charge in [-0.2, -0.15) is 0 Å². The van der Waals surface area contributed by atoms with E-state index in [1.807, 2.05) is 25.1 Å². The molecule has 0 unspecified atom stereocenters. The lowest BCUT2D eigenvalue weighted by Crippen LogP contribution is -2.03. The Hall–Kier alpha value is -1.45. The summed E-state index contributed by atoms with van der Waals surface area (Å²) in [7, 11) is 0. The molecule has 2 aromatic rings. The fraction of sp³-hybridized carbons (Fsp3) is 0.308. The van der Waals surface area contributed by atoms with Crippen LogP contribution in [-0.2, 0) is 16.1 Å². The van der Waals surface area contributed by atoms with Crippen molar-refractivity contribution in [2.45, 2.75) is 19.8 Å². The first kappa shape index (κ1) is 9.75. The summed E-state index contributed by atoms with van der Waals surface area (Å²) in [5.74, 6) is 0. The largest absolute Gasteiger partial charge is 0.347 e. The summed E-state index contributed by atoms with van der Waals surface area (Å²) in [6.45, 7) is 3.19. The number of hydrogen-bond acceptors (Lipinski definition) is 3. The number of aromatic nitrogens is 1.